The molecule has 5 heteroatoms. The van der Waals surface area contributed by atoms with E-state index in [1.807, 2.05) is 31.2 Å². The van der Waals surface area contributed by atoms with Crippen molar-refractivity contribution in [3.8, 4) is 5.75 Å². The number of carbonyl (C=O) groups is 2. The maximum Gasteiger partial charge on any atom is 0.306 e. The zero-order chi connectivity index (χ0) is 20.2. The van der Waals surface area contributed by atoms with E-state index in [9.17, 15) is 9.59 Å². The van der Waals surface area contributed by atoms with Crippen LogP contribution in [0.3, 0.4) is 0 Å². The molecule has 1 saturated heterocycles. The van der Waals surface area contributed by atoms with Gasteiger partial charge < -0.3 is 14.6 Å². The molecule has 1 atom stereocenters. The lowest BCUT2D eigenvalue weighted by atomic mass is 9.98. The molecule has 0 radical (unpaired) electrons. The van der Waals surface area contributed by atoms with Gasteiger partial charge in [0.2, 0.25) is 5.78 Å². The number of carbonyl (C=O) groups excluding carboxylic acids is 1. The fourth-order valence-corrected chi connectivity index (χ4v) is 2.79. The van der Waals surface area contributed by atoms with Gasteiger partial charge in [0.25, 0.3) is 0 Å². The summed E-state index contributed by atoms with van der Waals surface area (Å²) in [6.07, 6.45) is 3.71. The molecule has 1 fully saturated rings. The van der Waals surface area contributed by atoms with E-state index >= 15 is 0 Å². The van der Waals surface area contributed by atoms with Gasteiger partial charge in [-0.25, -0.2) is 0 Å². The summed E-state index contributed by atoms with van der Waals surface area (Å²) in [5.74, 6) is -0.112. The van der Waals surface area contributed by atoms with Gasteiger partial charge in [-0.2, -0.15) is 0 Å². The van der Waals surface area contributed by atoms with Crippen molar-refractivity contribution in [1.29, 1.82) is 0 Å². The minimum absolute atomic E-state index is 0.0753. The highest BCUT2D eigenvalue weighted by atomic mass is 16.5. The number of carboxylic acids is 1. The standard InChI is InChI=1S/C22H26O5/c1-6-7-18-19(27-22(4,5)20(18)23)15(3)13-26-17-10-8-16(9-11-17)12-14(2)21(24)25/h6-11,14H,1,12-13H2,2-5H3,(H,24,25). The first kappa shape index (κ1) is 20.5. The Bertz CT molecular complexity index is 796. The Hall–Kier alpha value is -2.82. The zero-order valence-electron chi connectivity index (χ0n) is 16.2. The predicted molar refractivity (Wildman–Crippen MR) is 104 cm³/mol. The number of carboxylic acid groups (broad SMARTS) is 1. The number of allylic oxidation sites excluding steroid dienone is 3. The normalized spacial score (nSPS) is 20.1. The molecule has 1 aliphatic rings. The highest BCUT2D eigenvalue weighted by molar-refractivity contribution is 6.07. The van der Waals surface area contributed by atoms with Crippen molar-refractivity contribution >= 4 is 11.8 Å². The topological polar surface area (TPSA) is 72.8 Å². The summed E-state index contributed by atoms with van der Waals surface area (Å²) in [6, 6.07) is 7.35. The Morgan fingerprint density at radius 3 is 2.52 bits per heavy atom. The van der Waals surface area contributed by atoms with Crippen LogP contribution < -0.4 is 4.74 Å². The van der Waals surface area contributed by atoms with E-state index in [-0.39, 0.29) is 12.4 Å². The van der Waals surface area contributed by atoms with E-state index in [2.05, 4.69) is 6.58 Å². The van der Waals surface area contributed by atoms with Crippen LogP contribution in [0.4, 0.5) is 0 Å². The van der Waals surface area contributed by atoms with E-state index in [0.717, 1.165) is 11.1 Å². The summed E-state index contributed by atoms with van der Waals surface area (Å²) in [5, 5.41) is 8.99. The van der Waals surface area contributed by atoms with Crippen molar-refractivity contribution in [3.05, 3.63) is 65.5 Å². The van der Waals surface area contributed by atoms with Gasteiger partial charge in [0, 0.05) is 5.57 Å². The van der Waals surface area contributed by atoms with Crippen molar-refractivity contribution in [2.75, 3.05) is 6.61 Å². The molecule has 5 nitrogen and oxygen atoms in total. The van der Waals surface area contributed by atoms with Gasteiger partial charge in [-0.05, 0) is 51.0 Å². The summed E-state index contributed by atoms with van der Waals surface area (Å²) >= 11 is 0. The monoisotopic (exact) mass is 370 g/mol. The Morgan fingerprint density at radius 1 is 1.33 bits per heavy atom. The SMILES string of the molecule is C=CC=C1C(=O)C(C)(C)OC1=C(C)COc1ccc(CC(C)C(=O)O)cc1. The van der Waals surface area contributed by atoms with Gasteiger partial charge in [0.15, 0.2) is 5.60 Å². The molecule has 1 aliphatic heterocycles. The highest BCUT2D eigenvalue weighted by Crippen LogP contribution is 2.35. The Kier molecular flexibility index (Phi) is 6.26. The lowest BCUT2D eigenvalue weighted by Crippen LogP contribution is -2.27. The van der Waals surface area contributed by atoms with Gasteiger partial charge in [0.05, 0.1) is 11.5 Å². The van der Waals surface area contributed by atoms with Crippen LogP contribution in [0.15, 0.2) is 59.9 Å². The van der Waals surface area contributed by atoms with Crippen LogP contribution in [0.2, 0.25) is 0 Å². The molecule has 0 aliphatic carbocycles. The fraction of sp³-hybridized carbons (Fsp3) is 0.364. The second-order valence-electron chi connectivity index (χ2n) is 7.24. The van der Waals surface area contributed by atoms with Crippen LogP contribution in [0, 0.1) is 5.92 Å². The fourth-order valence-electron chi connectivity index (χ4n) is 2.79. The minimum Gasteiger partial charge on any atom is -0.489 e. The van der Waals surface area contributed by atoms with Gasteiger partial charge >= 0.3 is 5.97 Å². The Morgan fingerprint density at radius 2 is 1.96 bits per heavy atom. The van der Waals surface area contributed by atoms with Crippen molar-refractivity contribution in [2.24, 2.45) is 5.92 Å². The first-order chi connectivity index (χ1) is 12.7. The second kappa shape index (κ2) is 8.25. The van der Waals surface area contributed by atoms with E-state index < -0.39 is 17.5 Å². The predicted octanol–water partition coefficient (Wildman–Crippen LogP) is 4.09. The van der Waals surface area contributed by atoms with Crippen LogP contribution in [0.25, 0.3) is 0 Å². The first-order valence-corrected chi connectivity index (χ1v) is 8.87. The third kappa shape index (κ3) is 4.88. The van der Waals surface area contributed by atoms with Crippen LogP contribution in [0.5, 0.6) is 5.75 Å². The van der Waals surface area contributed by atoms with Crippen molar-refractivity contribution in [3.63, 3.8) is 0 Å². The molecule has 27 heavy (non-hydrogen) atoms. The van der Waals surface area contributed by atoms with Crippen molar-refractivity contribution in [2.45, 2.75) is 39.7 Å². The van der Waals surface area contributed by atoms with Crippen LogP contribution in [-0.2, 0) is 20.7 Å². The maximum absolute atomic E-state index is 12.4. The molecule has 1 aromatic rings. The Balaban J connectivity index is 2.08. The number of rotatable bonds is 7. The molecule has 0 spiro atoms. The smallest absolute Gasteiger partial charge is 0.306 e. The molecule has 1 heterocycles. The third-order valence-electron chi connectivity index (χ3n) is 4.41. The highest BCUT2D eigenvalue weighted by Gasteiger charge is 2.42. The van der Waals surface area contributed by atoms with Gasteiger partial charge in [0.1, 0.15) is 18.1 Å². The van der Waals surface area contributed by atoms with Crippen LogP contribution in [0.1, 0.15) is 33.3 Å². The molecule has 1 aromatic carbocycles. The van der Waals surface area contributed by atoms with Crippen molar-refractivity contribution in [1.82, 2.24) is 0 Å². The van der Waals surface area contributed by atoms with Gasteiger partial charge in [-0.1, -0.05) is 31.7 Å². The van der Waals surface area contributed by atoms with Gasteiger partial charge in [-0.3, -0.25) is 9.59 Å². The molecule has 1 unspecified atom stereocenters. The van der Waals surface area contributed by atoms with Gasteiger partial charge in [-0.15, -0.1) is 0 Å². The molecule has 0 bridgehead atoms. The second-order valence-corrected chi connectivity index (χ2v) is 7.24. The van der Waals surface area contributed by atoms with E-state index in [4.69, 9.17) is 14.6 Å². The lowest BCUT2D eigenvalue weighted by Gasteiger charge is -2.16. The van der Waals surface area contributed by atoms with Crippen LogP contribution >= 0.6 is 0 Å². The maximum atomic E-state index is 12.4. The molecule has 1 N–H and O–H groups in total. The lowest BCUT2D eigenvalue weighted by molar-refractivity contribution is -0.141. The van der Waals surface area contributed by atoms with Crippen LogP contribution in [-0.4, -0.2) is 29.1 Å². The van der Waals surface area contributed by atoms with E-state index in [1.54, 1.807) is 32.9 Å². The van der Waals surface area contributed by atoms with E-state index in [1.165, 1.54) is 0 Å². The molecular formula is C22H26O5. The minimum atomic E-state index is -0.895. The summed E-state index contributed by atoms with van der Waals surface area (Å²) < 4.78 is 11.6. The molecular weight excluding hydrogens is 344 g/mol. The summed E-state index contributed by atoms with van der Waals surface area (Å²) in [6.45, 7) is 11.0. The third-order valence-corrected chi connectivity index (χ3v) is 4.41. The summed E-state index contributed by atoms with van der Waals surface area (Å²) in [4.78, 5) is 23.4. The molecule has 0 amide bonds. The average molecular weight is 370 g/mol. The number of ketones is 1. The molecule has 0 saturated carbocycles. The molecule has 144 valence electrons. The number of hydrogen-bond donors (Lipinski definition) is 1. The quantitative estimate of drug-likeness (QED) is 0.732. The average Bonchev–Trinajstić information content (AvgIpc) is 2.85. The number of Topliss-reactive ketones (excluding diaryl/α,β-unsaturated/α-hetero) is 1. The van der Waals surface area contributed by atoms with E-state index in [0.29, 0.717) is 23.5 Å². The molecule has 0 aromatic heterocycles. The molecule has 2 rings (SSSR count). The number of benzene rings is 1. The summed E-state index contributed by atoms with van der Waals surface area (Å²) in [7, 11) is 0. The largest absolute Gasteiger partial charge is 0.489 e. The van der Waals surface area contributed by atoms with Crippen molar-refractivity contribution < 1.29 is 24.2 Å². The Labute approximate surface area is 160 Å². The first-order valence-electron chi connectivity index (χ1n) is 8.87. The number of ether oxygens (including phenoxy) is 2. The zero-order valence-corrected chi connectivity index (χ0v) is 16.2. The number of aliphatic carboxylic acids is 1. The summed E-state index contributed by atoms with van der Waals surface area (Å²) in [5.41, 5.74) is 1.36. The number of hydrogen-bond acceptors (Lipinski definition) is 4.